The standard InChI is InChI=1S/C16H12ClN3O3S/c17-12-9-10(20(22)23)5-6-11(12)16(21)18-8-7-15-19-13-3-1-2-4-14(13)24-15/h1-6,9H,7-8H2,(H,18,21). The number of carbonyl (C=O) groups is 1. The lowest BCUT2D eigenvalue weighted by atomic mass is 10.2. The number of benzene rings is 2. The van der Waals surface area contributed by atoms with E-state index in [1.54, 1.807) is 11.3 Å². The lowest BCUT2D eigenvalue weighted by molar-refractivity contribution is -0.384. The van der Waals surface area contributed by atoms with Crippen LogP contribution in [0, 0.1) is 10.1 Å². The molecule has 0 bridgehead atoms. The molecule has 0 spiro atoms. The number of thiazole rings is 1. The van der Waals surface area contributed by atoms with Gasteiger partial charge in [0.05, 0.1) is 30.7 Å². The van der Waals surface area contributed by atoms with Crippen molar-refractivity contribution in [3.8, 4) is 0 Å². The van der Waals surface area contributed by atoms with E-state index in [1.807, 2.05) is 24.3 Å². The van der Waals surface area contributed by atoms with Crippen LogP contribution in [0.15, 0.2) is 42.5 Å². The molecule has 1 amide bonds. The summed E-state index contributed by atoms with van der Waals surface area (Å²) in [5, 5.41) is 14.4. The number of hydrogen-bond acceptors (Lipinski definition) is 5. The fraction of sp³-hybridized carbons (Fsp3) is 0.125. The molecule has 0 fully saturated rings. The van der Waals surface area contributed by atoms with E-state index in [0.717, 1.165) is 15.2 Å². The molecule has 0 saturated carbocycles. The lowest BCUT2D eigenvalue weighted by Gasteiger charge is -2.05. The van der Waals surface area contributed by atoms with E-state index in [2.05, 4.69) is 10.3 Å². The van der Waals surface area contributed by atoms with E-state index in [-0.39, 0.29) is 22.2 Å². The van der Waals surface area contributed by atoms with Crippen molar-refractivity contribution in [2.24, 2.45) is 0 Å². The maximum atomic E-state index is 12.1. The van der Waals surface area contributed by atoms with Gasteiger partial charge in [-0.2, -0.15) is 0 Å². The zero-order chi connectivity index (χ0) is 17.1. The van der Waals surface area contributed by atoms with Crippen molar-refractivity contribution in [3.63, 3.8) is 0 Å². The van der Waals surface area contributed by atoms with E-state index in [0.29, 0.717) is 13.0 Å². The molecule has 1 aromatic heterocycles. The molecule has 2 aromatic carbocycles. The number of non-ortho nitro benzene ring substituents is 1. The summed E-state index contributed by atoms with van der Waals surface area (Å²) in [5.41, 5.74) is 1.01. The number of hydrogen-bond donors (Lipinski definition) is 1. The first kappa shape index (κ1) is 16.4. The molecule has 0 saturated heterocycles. The number of amides is 1. The van der Waals surface area contributed by atoms with E-state index in [9.17, 15) is 14.9 Å². The highest BCUT2D eigenvalue weighted by atomic mass is 35.5. The van der Waals surface area contributed by atoms with Gasteiger partial charge < -0.3 is 5.32 Å². The van der Waals surface area contributed by atoms with Crippen LogP contribution in [0.4, 0.5) is 5.69 Å². The molecule has 6 nitrogen and oxygen atoms in total. The number of nitro benzene ring substituents is 1. The summed E-state index contributed by atoms with van der Waals surface area (Å²) in [5.74, 6) is -0.365. The van der Waals surface area contributed by atoms with Crippen LogP contribution in [0.25, 0.3) is 10.2 Å². The molecular weight excluding hydrogens is 350 g/mol. The number of carbonyl (C=O) groups excluding carboxylic acids is 1. The third-order valence-electron chi connectivity index (χ3n) is 3.37. The highest BCUT2D eigenvalue weighted by molar-refractivity contribution is 7.18. The van der Waals surface area contributed by atoms with Crippen molar-refractivity contribution in [2.75, 3.05) is 6.54 Å². The van der Waals surface area contributed by atoms with Gasteiger partial charge in [0.25, 0.3) is 11.6 Å². The summed E-state index contributed by atoms with van der Waals surface area (Å²) >= 11 is 7.53. The maximum absolute atomic E-state index is 12.1. The Kier molecular flexibility index (Phi) is 4.73. The van der Waals surface area contributed by atoms with Gasteiger partial charge in [-0.25, -0.2) is 4.98 Å². The van der Waals surface area contributed by atoms with Gasteiger partial charge in [-0.15, -0.1) is 11.3 Å². The van der Waals surface area contributed by atoms with Crippen LogP contribution in [0.2, 0.25) is 5.02 Å². The van der Waals surface area contributed by atoms with Gasteiger partial charge in [-0.1, -0.05) is 23.7 Å². The molecule has 0 aliphatic carbocycles. The summed E-state index contributed by atoms with van der Waals surface area (Å²) in [6.07, 6.45) is 0.607. The molecule has 1 heterocycles. The zero-order valence-electron chi connectivity index (χ0n) is 12.4. The van der Waals surface area contributed by atoms with Crippen molar-refractivity contribution in [1.29, 1.82) is 0 Å². The van der Waals surface area contributed by atoms with Gasteiger partial charge in [0.1, 0.15) is 0 Å². The largest absolute Gasteiger partial charge is 0.352 e. The minimum absolute atomic E-state index is 0.0571. The Hall–Kier alpha value is -2.51. The smallest absolute Gasteiger partial charge is 0.270 e. The highest BCUT2D eigenvalue weighted by Gasteiger charge is 2.14. The first-order valence-electron chi connectivity index (χ1n) is 7.11. The monoisotopic (exact) mass is 361 g/mol. The number of nitrogens with zero attached hydrogens (tertiary/aromatic N) is 2. The fourth-order valence-corrected chi connectivity index (χ4v) is 3.43. The summed E-state index contributed by atoms with van der Waals surface area (Å²) in [7, 11) is 0. The van der Waals surface area contributed by atoms with Gasteiger partial charge in [0.15, 0.2) is 0 Å². The van der Waals surface area contributed by atoms with E-state index >= 15 is 0 Å². The molecule has 1 N–H and O–H groups in total. The summed E-state index contributed by atoms with van der Waals surface area (Å²) in [6, 6.07) is 11.6. The summed E-state index contributed by atoms with van der Waals surface area (Å²) < 4.78 is 1.11. The van der Waals surface area contributed by atoms with Gasteiger partial charge >= 0.3 is 0 Å². The number of rotatable bonds is 5. The van der Waals surface area contributed by atoms with Crippen LogP contribution in [0.5, 0.6) is 0 Å². The van der Waals surface area contributed by atoms with Gasteiger partial charge in [0, 0.05) is 25.1 Å². The minimum Gasteiger partial charge on any atom is -0.352 e. The number of halogens is 1. The Balaban J connectivity index is 1.62. The average Bonchev–Trinajstić information content (AvgIpc) is 2.97. The first-order chi connectivity index (χ1) is 11.5. The van der Waals surface area contributed by atoms with Crippen LogP contribution in [0.3, 0.4) is 0 Å². The molecule has 8 heteroatoms. The SMILES string of the molecule is O=C(NCCc1nc2ccccc2s1)c1ccc([N+](=O)[O-])cc1Cl. The number of fused-ring (bicyclic) bond motifs is 1. The first-order valence-corrected chi connectivity index (χ1v) is 8.30. The van der Waals surface area contributed by atoms with Crippen molar-refractivity contribution >= 4 is 44.7 Å². The quantitative estimate of drug-likeness (QED) is 0.552. The molecule has 3 rings (SSSR count). The normalized spacial score (nSPS) is 10.7. The van der Waals surface area contributed by atoms with Gasteiger partial charge in [-0.05, 0) is 18.2 Å². The van der Waals surface area contributed by atoms with Crippen molar-refractivity contribution in [1.82, 2.24) is 10.3 Å². The molecule has 0 aliphatic rings. The van der Waals surface area contributed by atoms with Crippen molar-refractivity contribution in [3.05, 3.63) is 68.2 Å². The third-order valence-corrected chi connectivity index (χ3v) is 4.78. The highest BCUT2D eigenvalue weighted by Crippen LogP contribution is 2.23. The Bertz CT molecular complexity index is 893. The number of nitro groups is 1. The van der Waals surface area contributed by atoms with Gasteiger partial charge in [0.2, 0.25) is 0 Å². The molecule has 24 heavy (non-hydrogen) atoms. The van der Waals surface area contributed by atoms with Crippen LogP contribution in [0.1, 0.15) is 15.4 Å². The predicted molar refractivity (Wildman–Crippen MR) is 93.8 cm³/mol. The second-order valence-corrected chi connectivity index (χ2v) is 6.52. The Morgan fingerprint density at radius 1 is 1.29 bits per heavy atom. The Morgan fingerprint density at radius 3 is 2.79 bits per heavy atom. The molecule has 0 atom stereocenters. The predicted octanol–water partition coefficient (Wildman–Crippen LogP) is 3.83. The molecular formula is C16H12ClN3O3S. The second kappa shape index (κ2) is 6.94. The Labute approximate surface area is 146 Å². The average molecular weight is 362 g/mol. The minimum atomic E-state index is -0.555. The lowest BCUT2D eigenvalue weighted by Crippen LogP contribution is -2.25. The van der Waals surface area contributed by atoms with Crippen molar-refractivity contribution < 1.29 is 9.72 Å². The van der Waals surface area contributed by atoms with E-state index < -0.39 is 4.92 Å². The van der Waals surface area contributed by atoms with Crippen molar-refractivity contribution in [2.45, 2.75) is 6.42 Å². The van der Waals surface area contributed by atoms with Crippen LogP contribution in [-0.2, 0) is 6.42 Å². The summed E-state index contributed by atoms with van der Waals surface area (Å²) in [4.78, 5) is 26.7. The zero-order valence-corrected chi connectivity index (χ0v) is 13.9. The maximum Gasteiger partial charge on any atom is 0.270 e. The topological polar surface area (TPSA) is 85.1 Å². The molecule has 0 unspecified atom stereocenters. The molecule has 122 valence electrons. The molecule has 0 radical (unpaired) electrons. The van der Waals surface area contributed by atoms with Crippen LogP contribution >= 0.6 is 22.9 Å². The third kappa shape index (κ3) is 3.52. The Morgan fingerprint density at radius 2 is 2.08 bits per heavy atom. The molecule has 0 aliphatic heterocycles. The van der Waals surface area contributed by atoms with E-state index in [1.165, 1.54) is 18.2 Å². The number of para-hydroxylation sites is 1. The van der Waals surface area contributed by atoms with Crippen LogP contribution in [-0.4, -0.2) is 22.4 Å². The van der Waals surface area contributed by atoms with Gasteiger partial charge in [-0.3, -0.25) is 14.9 Å². The summed E-state index contributed by atoms with van der Waals surface area (Å²) in [6.45, 7) is 0.409. The number of aromatic nitrogens is 1. The second-order valence-electron chi connectivity index (χ2n) is 5.00. The van der Waals surface area contributed by atoms with E-state index in [4.69, 9.17) is 11.6 Å². The fourth-order valence-electron chi connectivity index (χ4n) is 2.21. The van der Waals surface area contributed by atoms with Crippen LogP contribution < -0.4 is 5.32 Å². The molecule has 3 aromatic rings. The number of nitrogens with one attached hydrogen (secondary N) is 1.